The monoisotopic (exact) mass is 314 g/mol. The van der Waals surface area contributed by atoms with Gasteiger partial charge in [-0.15, -0.1) is 0 Å². The molecule has 1 aromatic rings. The molecule has 0 radical (unpaired) electrons. The SMILES string of the molecule is CCC(C)C(NCc1ccc(Br)cn1)C(=O)OC. The Bertz CT molecular complexity index is 381. The van der Waals surface area contributed by atoms with E-state index in [2.05, 4.69) is 33.2 Å². The minimum atomic E-state index is -0.287. The largest absolute Gasteiger partial charge is 0.468 e. The molecule has 0 aliphatic carbocycles. The van der Waals surface area contributed by atoms with Gasteiger partial charge in [0.15, 0.2) is 0 Å². The zero-order valence-corrected chi connectivity index (χ0v) is 12.5. The minimum Gasteiger partial charge on any atom is -0.468 e. The second-order valence-electron chi connectivity index (χ2n) is 4.24. The van der Waals surface area contributed by atoms with Crippen molar-refractivity contribution in [3.05, 3.63) is 28.5 Å². The summed E-state index contributed by atoms with van der Waals surface area (Å²) >= 11 is 3.34. The van der Waals surface area contributed by atoms with Crippen molar-refractivity contribution in [2.24, 2.45) is 5.92 Å². The second kappa shape index (κ2) is 7.48. The average molecular weight is 315 g/mol. The topological polar surface area (TPSA) is 51.2 Å². The van der Waals surface area contributed by atoms with Crippen LogP contribution in [0.1, 0.15) is 26.0 Å². The van der Waals surface area contributed by atoms with Gasteiger partial charge in [0.25, 0.3) is 0 Å². The lowest BCUT2D eigenvalue weighted by molar-refractivity contribution is -0.144. The first-order valence-electron chi connectivity index (χ1n) is 6.00. The maximum absolute atomic E-state index is 11.7. The molecule has 2 atom stereocenters. The van der Waals surface area contributed by atoms with Crippen LogP contribution in [0.25, 0.3) is 0 Å². The van der Waals surface area contributed by atoms with Crippen LogP contribution in [0.3, 0.4) is 0 Å². The molecule has 1 aromatic heterocycles. The summed E-state index contributed by atoms with van der Waals surface area (Å²) < 4.78 is 5.76. The lowest BCUT2D eigenvalue weighted by atomic mass is 9.99. The Morgan fingerprint density at radius 3 is 2.78 bits per heavy atom. The molecule has 18 heavy (non-hydrogen) atoms. The normalized spacial score (nSPS) is 14.0. The highest BCUT2D eigenvalue weighted by Crippen LogP contribution is 2.11. The maximum atomic E-state index is 11.7. The Morgan fingerprint density at radius 1 is 1.56 bits per heavy atom. The van der Waals surface area contributed by atoms with Gasteiger partial charge in [0.05, 0.1) is 12.8 Å². The third-order valence-electron chi connectivity index (χ3n) is 2.96. The molecule has 0 fully saturated rings. The molecular weight excluding hydrogens is 296 g/mol. The average Bonchev–Trinajstić information content (AvgIpc) is 2.40. The first kappa shape index (κ1) is 15.1. The number of rotatable bonds is 6. The second-order valence-corrected chi connectivity index (χ2v) is 5.15. The molecule has 0 aromatic carbocycles. The number of nitrogens with zero attached hydrogens (tertiary/aromatic N) is 1. The van der Waals surface area contributed by atoms with E-state index in [1.165, 1.54) is 7.11 Å². The van der Waals surface area contributed by atoms with E-state index in [0.29, 0.717) is 6.54 Å². The summed E-state index contributed by atoms with van der Waals surface area (Å²) in [6, 6.07) is 3.56. The van der Waals surface area contributed by atoms with E-state index in [1.54, 1.807) is 6.20 Å². The number of methoxy groups -OCH3 is 1. The van der Waals surface area contributed by atoms with Gasteiger partial charge >= 0.3 is 5.97 Å². The summed E-state index contributed by atoms with van der Waals surface area (Å²) in [5.74, 6) is 0.00867. The Morgan fingerprint density at radius 2 is 2.28 bits per heavy atom. The molecule has 0 bridgehead atoms. The molecule has 1 rings (SSSR count). The van der Waals surface area contributed by atoms with Gasteiger partial charge in [-0.05, 0) is 34.0 Å². The molecule has 0 saturated carbocycles. The zero-order valence-electron chi connectivity index (χ0n) is 10.9. The highest BCUT2D eigenvalue weighted by Gasteiger charge is 2.24. The summed E-state index contributed by atoms with van der Waals surface area (Å²) in [4.78, 5) is 15.9. The van der Waals surface area contributed by atoms with Crippen LogP contribution in [0.4, 0.5) is 0 Å². The van der Waals surface area contributed by atoms with Crippen molar-refractivity contribution in [3.63, 3.8) is 0 Å². The molecule has 1 heterocycles. The van der Waals surface area contributed by atoms with Crippen molar-refractivity contribution < 1.29 is 9.53 Å². The van der Waals surface area contributed by atoms with E-state index in [1.807, 2.05) is 19.1 Å². The van der Waals surface area contributed by atoms with Crippen molar-refractivity contribution in [2.45, 2.75) is 32.9 Å². The molecule has 4 nitrogen and oxygen atoms in total. The highest BCUT2D eigenvalue weighted by atomic mass is 79.9. The van der Waals surface area contributed by atoms with Crippen molar-refractivity contribution >= 4 is 21.9 Å². The van der Waals surface area contributed by atoms with Crippen LogP contribution < -0.4 is 5.32 Å². The highest BCUT2D eigenvalue weighted by molar-refractivity contribution is 9.10. The van der Waals surface area contributed by atoms with Crippen molar-refractivity contribution in [3.8, 4) is 0 Å². The van der Waals surface area contributed by atoms with Crippen molar-refractivity contribution in [1.29, 1.82) is 0 Å². The van der Waals surface area contributed by atoms with Crippen LogP contribution in [0.5, 0.6) is 0 Å². The number of pyridine rings is 1. The third kappa shape index (κ3) is 4.38. The van der Waals surface area contributed by atoms with E-state index in [4.69, 9.17) is 4.74 Å². The fourth-order valence-electron chi connectivity index (χ4n) is 1.61. The molecule has 100 valence electrons. The predicted octanol–water partition coefficient (Wildman–Crippen LogP) is 2.52. The fraction of sp³-hybridized carbons (Fsp3) is 0.538. The number of aromatic nitrogens is 1. The van der Waals surface area contributed by atoms with Crippen molar-refractivity contribution in [2.75, 3.05) is 7.11 Å². The molecule has 0 spiro atoms. The van der Waals surface area contributed by atoms with E-state index in [-0.39, 0.29) is 17.9 Å². The molecular formula is C13H19BrN2O2. The van der Waals surface area contributed by atoms with Crippen LogP contribution in [0.2, 0.25) is 0 Å². The third-order valence-corrected chi connectivity index (χ3v) is 3.43. The Labute approximate surface area is 116 Å². The van der Waals surface area contributed by atoms with Gasteiger partial charge in [-0.1, -0.05) is 20.3 Å². The summed E-state index contributed by atoms with van der Waals surface area (Å²) in [6.45, 7) is 4.64. The Balaban J connectivity index is 2.61. The number of hydrogen-bond acceptors (Lipinski definition) is 4. The predicted molar refractivity (Wildman–Crippen MR) is 74.0 cm³/mol. The Kier molecular flexibility index (Phi) is 6.29. The molecule has 0 amide bonds. The van der Waals surface area contributed by atoms with Gasteiger partial charge in [-0.3, -0.25) is 15.1 Å². The van der Waals surface area contributed by atoms with Gasteiger partial charge in [-0.2, -0.15) is 0 Å². The smallest absolute Gasteiger partial charge is 0.323 e. The van der Waals surface area contributed by atoms with Crippen LogP contribution in [0, 0.1) is 5.92 Å². The van der Waals surface area contributed by atoms with Crippen LogP contribution >= 0.6 is 15.9 Å². The molecule has 2 unspecified atom stereocenters. The Hall–Kier alpha value is -0.940. The summed E-state index contributed by atoms with van der Waals surface area (Å²) in [5, 5.41) is 3.20. The van der Waals surface area contributed by atoms with Gasteiger partial charge in [0, 0.05) is 17.2 Å². The summed E-state index contributed by atoms with van der Waals surface area (Å²) in [6.07, 6.45) is 2.66. The number of carbonyl (C=O) groups is 1. The molecule has 0 aliphatic heterocycles. The lowest BCUT2D eigenvalue weighted by Crippen LogP contribution is -2.42. The van der Waals surface area contributed by atoms with Gasteiger partial charge < -0.3 is 4.74 Å². The van der Waals surface area contributed by atoms with Crippen LogP contribution in [-0.4, -0.2) is 24.1 Å². The first-order valence-corrected chi connectivity index (χ1v) is 6.79. The van der Waals surface area contributed by atoms with Gasteiger partial charge in [0.2, 0.25) is 0 Å². The standard InChI is InChI=1S/C13H19BrN2O2/c1-4-9(2)12(13(17)18-3)16-8-11-6-5-10(14)7-15-11/h5-7,9,12,16H,4,8H2,1-3H3. The van der Waals surface area contributed by atoms with E-state index in [9.17, 15) is 4.79 Å². The van der Waals surface area contributed by atoms with Crippen LogP contribution in [0.15, 0.2) is 22.8 Å². The summed E-state index contributed by atoms with van der Waals surface area (Å²) in [7, 11) is 1.41. The number of carbonyl (C=O) groups excluding carboxylic acids is 1. The van der Waals surface area contributed by atoms with Crippen molar-refractivity contribution in [1.82, 2.24) is 10.3 Å². The van der Waals surface area contributed by atoms with E-state index < -0.39 is 0 Å². The zero-order chi connectivity index (χ0) is 13.5. The summed E-state index contributed by atoms with van der Waals surface area (Å²) in [5.41, 5.74) is 0.899. The van der Waals surface area contributed by atoms with Gasteiger partial charge in [0.1, 0.15) is 6.04 Å². The lowest BCUT2D eigenvalue weighted by Gasteiger charge is -2.21. The number of nitrogens with one attached hydrogen (secondary N) is 1. The fourth-order valence-corrected chi connectivity index (χ4v) is 1.84. The number of ether oxygens (including phenoxy) is 1. The quantitative estimate of drug-likeness (QED) is 0.820. The molecule has 0 saturated heterocycles. The molecule has 0 aliphatic rings. The number of hydrogen-bond donors (Lipinski definition) is 1. The molecule has 1 N–H and O–H groups in total. The van der Waals surface area contributed by atoms with E-state index in [0.717, 1.165) is 16.6 Å². The van der Waals surface area contributed by atoms with E-state index >= 15 is 0 Å². The van der Waals surface area contributed by atoms with Gasteiger partial charge in [-0.25, -0.2) is 0 Å². The maximum Gasteiger partial charge on any atom is 0.323 e. The minimum absolute atomic E-state index is 0.221. The van der Waals surface area contributed by atoms with Crippen LogP contribution in [-0.2, 0) is 16.1 Å². The molecule has 5 heteroatoms. The first-order chi connectivity index (χ1) is 8.58. The number of esters is 1. The number of halogens is 1.